The third-order valence-electron chi connectivity index (χ3n) is 3.93. The van der Waals surface area contributed by atoms with Gasteiger partial charge in [0, 0.05) is 12.3 Å². The van der Waals surface area contributed by atoms with Crippen molar-refractivity contribution in [1.82, 2.24) is 5.06 Å². The summed E-state index contributed by atoms with van der Waals surface area (Å²) >= 11 is 0. The maximum absolute atomic E-state index is 11.7. The van der Waals surface area contributed by atoms with E-state index in [0.29, 0.717) is 12.3 Å². The average molecular weight is 209 g/mol. The molecule has 1 aliphatic heterocycles. The molecule has 0 radical (unpaired) electrons. The fourth-order valence-corrected chi connectivity index (χ4v) is 3.21. The summed E-state index contributed by atoms with van der Waals surface area (Å²) < 4.78 is 0. The number of nitrogens with zero attached hydrogens (tertiary/aromatic N) is 1. The van der Waals surface area contributed by atoms with Gasteiger partial charge in [-0.3, -0.25) is 9.63 Å². The second-order valence-electron chi connectivity index (χ2n) is 4.56. The molecule has 2 atom stereocenters. The Morgan fingerprint density at radius 2 is 2.33 bits per heavy atom. The van der Waals surface area contributed by atoms with Gasteiger partial charge in [0.2, 0.25) is 5.91 Å². The molecule has 2 fully saturated rings. The molecule has 1 spiro atoms. The van der Waals surface area contributed by atoms with E-state index >= 15 is 0 Å². The SMILES string of the molecule is C=CC1CCCCC12CCC(=O)N2OC. The first-order valence-electron chi connectivity index (χ1n) is 5.74. The van der Waals surface area contributed by atoms with E-state index in [-0.39, 0.29) is 11.4 Å². The number of hydrogen-bond donors (Lipinski definition) is 0. The number of amides is 1. The minimum absolute atomic E-state index is 0.0775. The first kappa shape index (κ1) is 10.7. The van der Waals surface area contributed by atoms with Crippen LogP contribution in [0.2, 0.25) is 0 Å². The number of hydrogen-bond acceptors (Lipinski definition) is 2. The van der Waals surface area contributed by atoms with E-state index in [9.17, 15) is 4.79 Å². The van der Waals surface area contributed by atoms with Gasteiger partial charge < -0.3 is 0 Å². The number of carbonyl (C=O) groups is 1. The van der Waals surface area contributed by atoms with Crippen molar-refractivity contribution in [3.05, 3.63) is 12.7 Å². The van der Waals surface area contributed by atoms with Crippen molar-refractivity contribution in [1.29, 1.82) is 0 Å². The minimum atomic E-state index is -0.0775. The van der Waals surface area contributed by atoms with Crippen LogP contribution in [0.3, 0.4) is 0 Å². The molecule has 0 aromatic rings. The van der Waals surface area contributed by atoms with E-state index < -0.39 is 0 Å². The predicted molar refractivity (Wildman–Crippen MR) is 58.0 cm³/mol. The van der Waals surface area contributed by atoms with Gasteiger partial charge in [-0.1, -0.05) is 18.9 Å². The molecule has 1 amide bonds. The summed E-state index contributed by atoms with van der Waals surface area (Å²) in [5.74, 6) is 0.531. The van der Waals surface area contributed by atoms with Crippen molar-refractivity contribution in [3.8, 4) is 0 Å². The third-order valence-corrected chi connectivity index (χ3v) is 3.93. The van der Waals surface area contributed by atoms with Crippen LogP contribution >= 0.6 is 0 Å². The summed E-state index contributed by atoms with van der Waals surface area (Å²) in [7, 11) is 1.60. The fourth-order valence-electron chi connectivity index (χ4n) is 3.21. The lowest BCUT2D eigenvalue weighted by atomic mass is 9.72. The van der Waals surface area contributed by atoms with Crippen LogP contribution in [0, 0.1) is 5.92 Å². The van der Waals surface area contributed by atoms with E-state index in [2.05, 4.69) is 6.58 Å². The Morgan fingerprint density at radius 3 is 3.00 bits per heavy atom. The van der Waals surface area contributed by atoms with Gasteiger partial charge >= 0.3 is 0 Å². The third kappa shape index (κ3) is 1.49. The molecule has 1 heterocycles. The highest BCUT2D eigenvalue weighted by atomic mass is 16.7. The highest BCUT2D eigenvalue weighted by molar-refractivity contribution is 5.78. The summed E-state index contributed by atoms with van der Waals surface area (Å²) in [5, 5.41) is 1.62. The first-order chi connectivity index (χ1) is 7.24. The van der Waals surface area contributed by atoms with Crippen LogP contribution in [0.25, 0.3) is 0 Å². The zero-order valence-corrected chi connectivity index (χ0v) is 9.37. The van der Waals surface area contributed by atoms with Gasteiger partial charge in [0.1, 0.15) is 0 Å². The van der Waals surface area contributed by atoms with Crippen molar-refractivity contribution in [2.75, 3.05) is 7.11 Å². The molecule has 2 rings (SSSR count). The topological polar surface area (TPSA) is 29.5 Å². The molecule has 0 bridgehead atoms. The number of carbonyl (C=O) groups excluding carboxylic acids is 1. The zero-order chi connectivity index (χ0) is 10.9. The van der Waals surface area contributed by atoms with Crippen LogP contribution in [0.15, 0.2) is 12.7 Å². The van der Waals surface area contributed by atoms with Gasteiger partial charge in [-0.15, -0.1) is 6.58 Å². The molecule has 1 saturated carbocycles. The molecule has 1 aliphatic carbocycles. The Balaban J connectivity index is 2.28. The molecular formula is C12H19NO2. The molecule has 15 heavy (non-hydrogen) atoms. The van der Waals surface area contributed by atoms with Gasteiger partial charge in [0.25, 0.3) is 0 Å². The maximum Gasteiger partial charge on any atom is 0.246 e. The van der Waals surface area contributed by atoms with Crippen LogP contribution in [0.5, 0.6) is 0 Å². The molecule has 0 N–H and O–H groups in total. The highest BCUT2D eigenvalue weighted by Crippen LogP contribution is 2.46. The number of rotatable bonds is 2. The summed E-state index contributed by atoms with van der Waals surface area (Å²) in [4.78, 5) is 17.0. The lowest BCUT2D eigenvalue weighted by Crippen LogP contribution is -2.51. The Kier molecular flexibility index (Phi) is 2.83. The molecule has 2 unspecified atom stereocenters. The summed E-state index contributed by atoms with van der Waals surface area (Å²) in [5.41, 5.74) is -0.0775. The predicted octanol–water partition coefficient (Wildman–Crippen LogP) is 2.29. The lowest BCUT2D eigenvalue weighted by Gasteiger charge is -2.44. The molecule has 0 aromatic carbocycles. The van der Waals surface area contributed by atoms with E-state index in [4.69, 9.17) is 4.84 Å². The van der Waals surface area contributed by atoms with Crippen molar-refractivity contribution in [2.45, 2.75) is 44.1 Å². The van der Waals surface area contributed by atoms with Crippen molar-refractivity contribution in [3.63, 3.8) is 0 Å². The normalized spacial score (nSPS) is 36.2. The molecular weight excluding hydrogens is 190 g/mol. The summed E-state index contributed by atoms with van der Waals surface area (Å²) in [6.45, 7) is 3.90. The fraction of sp³-hybridized carbons (Fsp3) is 0.750. The van der Waals surface area contributed by atoms with Crippen LogP contribution < -0.4 is 0 Å². The molecule has 0 aromatic heterocycles. The molecule has 2 aliphatic rings. The Morgan fingerprint density at radius 1 is 1.53 bits per heavy atom. The Labute approximate surface area is 91.0 Å². The molecule has 3 nitrogen and oxygen atoms in total. The number of hydroxylamine groups is 2. The van der Waals surface area contributed by atoms with Gasteiger partial charge in [0.05, 0.1) is 12.6 Å². The summed E-state index contributed by atoms with van der Waals surface area (Å²) in [6.07, 6.45) is 8.18. The van der Waals surface area contributed by atoms with Crippen LogP contribution in [0.4, 0.5) is 0 Å². The smallest absolute Gasteiger partial charge is 0.246 e. The van der Waals surface area contributed by atoms with Crippen molar-refractivity contribution in [2.24, 2.45) is 5.92 Å². The van der Waals surface area contributed by atoms with Crippen molar-refractivity contribution >= 4 is 5.91 Å². The Bertz CT molecular complexity index is 277. The van der Waals surface area contributed by atoms with E-state index in [1.807, 2.05) is 6.08 Å². The van der Waals surface area contributed by atoms with Gasteiger partial charge in [-0.05, 0) is 19.3 Å². The minimum Gasteiger partial charge on any atom is -0.274 e. The highest BCUT2D eigenvalue weighted by Gasteiger charge is 2.51. The van der Waals surface area contributed by atoms with Crippen LogP contribution in [-0.2, 0) is 9.63 Å². The summed E-state index contributed by atoms with van der Waals surface area (Å²) in [6, 6.07) is 0. The van der Waals surface area contributed by atoms with Crippen LogP contribution in [0.1, 0.15) is 38.5 Å². The second kappa shape index (κ2) is 3.97. The molecule has 3 heteroatoms. The van der Waals surface area contributed by atoms with Crippen molar-refractivity contribution < 1.29 is 9.63 Å². The monoisotopic (exact) mass is 209 g/mol. The zero-order valence-electron chi connectivity index (χ0n) is 9.37. The quantitative estimate of drug-likeness (QED) is 0.653. The molecule has 1 saturated heterocycles. The van der Waals surface area contributed by atoms with E-state index in [0.717, 1.165) is 19.3 Å². The second-order valence-corrected chi connectivity index (χ2v) is 4.56. The maximum atomic E-state index is 11.7. The standard InChI is InChI=1S/C12H19NO2/c1-3-10-6-4-5-8-12(10)9-7-11(14)13(12)15-2/h3,10H,1,4-9H2,2H3. The van der Waals surface area contributed by atoms with Crippen LogP contribution in [-0.4, -0.2) is 23.6 Å². The first-order valence-corrected chi connectivity index (χ1v) is 5.74. The van der Waals surface area contributed by atoms with E-state index in [1.54, 1.807) is 12.2 Å². The lowest BCUT2D eigenvalue weighted by molar-refractivity contribution is -0.207. The average Bonchev–Trinajstić information content (AvgIpc) is 2.57. The van der Waals surface area contributed by atoms with Gasteiger partial charge in [0.15, 0.2) is 0 Å². The van der Waals surface area contributed by atoms with E-state index in [1.165, 1.54) is 12.8 Å². The largest absolute Gasteiger partial charge is 0.274 e. The van der Waals surface area contributed by atoms with Gasteiger partial charge in [-0.2, -0.15) is 0 Å². The van der Waals surface area contributed by atoms with Gasteiger partial charge in [-0.25, -0.2) is 5.06 Å². The Hall–Kier alpha value is -0.830. The molecule has 84 valence electrons.